The Labute approximate surface area is 185 Å². The minimum Gasteiger partial charge on any atom is -0.497 e. The van der Waals surface area contributed by atoms with Crippen LogP contribution in [0.4, 0.5) is 0 Å². The number of guanidine groups is 1. The molecule has 3 heterocycles. The van der Waals surface area contributed by atoms with Gasteiger partial charge in [0.1, 0.15) is 17.4 Å². The third kappa shape index (κ3) is 5.38. The number of hydrogen-bond acceptors (Lipinski definition) is 4. The van der Waals surface area contributed by atoms with Crippen LogP contribution in [-0.2, 0) is 19.4 Å². The zero-order valence-corrected chi connectivity index (χ0v) is 19.0. The lowest BCUT2D eigenvalue weighted by atomic mass is 9.98. The molecule has 2 aromatic rings. The Kier molecular flexibility index (Phi) is 7.43. The molecule has 0 bridgehead atoms. The third-order valence-electron chi connectivity index (χ3n) is 6.42. The van der Waals surface area contributed by atoms with E-state index in [0.29, 0.717) is 5.92 Å². The number of rotatable bonds is 7. The Morgan fingerprint density at radius 1 is 1.16 bits per heavy atom. The molecule has 0 saturated carbocycles. The lowest BCUT2D eigenvalue weighted by Crippen LogP contribution is -2.40. The monoisotopic (exact) mass is 424 g/mol. The maximum atomic E-state index is 5.29. The highest BCUT2D eigenvalue weighted by Crippen LogP contribution is 2.28. The number of likely N-dealkylation sites (tertiary alicyclic amines) is 1. The number of ether oxygens (including phenoxy) is 1. The molecule has 4 rings (SSSR count). The third-order valence-corrected chi connectivity index (χ3v) is 6.42. The maximum Gasteiger partial charge on any atom is 0.193 e. The van der Waals surface area contributed by atoms with E-state index >= 15 is 0 Å². The summed E-state index contributed by atoms with van der Waals surface area (Å²) in [7, 11) is 1.71. The average Bonchev–Trinajstić information content (AvgIpc) is 3.37. The molecule has 2 aliphatic heterocycles. The quantitative estimate of drug-likeness (QED) is 0.419. The van der Waals surface area contributed by atoms with Crippen molar-refractivity contribution in [3.8, 4) is 5.75 Å². The second kappa shape index (κ2) is 10.6. The van der Waals surface area contributed by atoms with Gasteiger partial charge in [-0.25, -0.2) is 0 Å². The highest BCUT2D eigenvalue weighted by molar-refractivity contribution is 5.80. The van der Waals surface area contributed by atoms with Gasteiger partial charge in [-0.05, 0) is 50.3 Å². The van der Waals surface area contributed by atoms with Gasteiger partial charge in [0.05, 0.1) is 7.11 Å². The number of aromatic nitrogens is 3. The minimum absolute atomic E-state index is 0.543. The Bertz CT molecular complexity index is 859. The van der Waals surface area contributed by atoms with E-state index in [1.165, 1.54) is 30.7 Å². The fraction of sp³-hybridized carbons (Fsp3) is 0.625. The summed E-state index contributed by atoms with van der Waals surface area (Å²) in [5.41, 5.74) is 1.38. The molecule has 1 aromatic heterocycles. The first-order valence-corrected chi connectivity index (χ1v) is 11.9. The van der Waals surface area contributed by atoms with Crippen LogP contribution in [0.5, 0.6) is 5.75 Å². The van der Waals surface area contributed by atoms with Gasteiger partial charge in [0.15, 0.2) is 5.96 Å². The van der Waals surface area contributed by atoms with Crippen molar-refractivity contribution < 1.29 is 4.74 Å². The Morgan fingerprint density at radius 2 is 2.03 bits per heavy atom. The lowest BCUT2D eigenvalue weighted by Gasteiger charge is -2.22. The minimum atomic E-state index is 0.543. The number of benzene rings is 1. The van der Waals surface area contributed by atoms with Crippen LogP contribution in [0.2, 0.25) is 0 Å². The van der Waals surface area contributed by atoms with Gasteiger partial charge in [-0.15, -0.1) is 10.2 Å². The van der Waals surface area contributed by atoms with Crippen molar-refractivity contribution in [1.29, 1.82) is 0 Å². The topological polar surface area (TPSA) is 67.6 Å². The molecule has 1 atom stereocenters. The smallest absolute Gasteiger partial charge is 0.193 e. The summed E-state index contributed by atoms with van der Waals surface area (Å²) in [6.45, 7) is 6.96. The molecule has 0 spiro atoms. The summed E-state index contributed by atoms with van der Waals surface area (Å²) in [5.74, 6) is 4.81. The van der Waals surface area contributed by atoms with Crippen molar-refractivity contribution in [1.82, 2.24) is 25.0 Å². The van der Waals surface area contributed by atoms with Crippen LogP contribution >= 0.6 is 0 Å². The summed E-state index contributed by atoms with van der Waals surface area (Å²) >= 11 is 0. The van der Waals surface area contributed by atoms with E-state index in [0.717, 1.165) is 75.9 Å². The molecule has 1 aromatic carbocycles. The van der Waals surface area contributed by atoms with Crippen LogP contribution < -0.4 is 10.1 Å². The molecule has 168 valence electrons. The van der Waals surface area contributed by atoms with E-state index < -0.39 is 0 Å². The SMILES string of the molecule is CCNC(=NCCCc1nnc2n1CCCCC2)N1CCC(c2ccc(OC)cc2)C1. The summed E-state index contributed by atoms with van der Waals surface area (Å²) in [5, 5.41) is 12.4. The number of hydrogen-bond donors (Lipinski definition) is 1. The number of nitrogens with zero attached hydrogens (tertiary/aromatic N) is 5. The van der Waals surface area contributed by atoms with E-state index in [1.807, 2.05) is 0 Å². The molecule has 0 radical (unpaired) electrons. The molecule has 1 N–H and O–H groups in total. The molecule has 31 heavy (non-hydrogen) atoms. The van der Waals surface area contributed by atoms with Gasteiger partial charge < -0.3 is 19.5 Å². The summed E-state index contributed by atoms with van der Waals surface area (Å²) in [6.07, 6.45) is 7.95. The molecule has 1 saturated heterocycles. The average molecular weight is 425 g/mol. The zero-order valence-electron chi connectivity index (χ0n) is 19.0. The van der Waals surface area contributed by atoms with Crippen molar-refractivity contribution >= 4 is 5.96 Å². The van der Waals surface area contributed by atoms with Gasteiger partial charge in [-0.3, -0.25) is 4.99 Å². The van der Waals surface area contributed by atoms with Gasteiger partial charge in [0.25, 0.3) is 0 Å². The standard InChI is InChI=1S/C24H36N6O/c1-3-25-24(29-17-14-20(18-29)19-10-12-21(31-2)13-11-19)26-15-7-9-23-28-27-22-8-5-4-6-16-30(22)23/h10-13,20H,3-9,14-18H2,1-2H3,(H,25,26). The lowest BCUT2D eigenvalue weighted by molar-refractivity contribution is 0.414. The largest absolute Gasteiger partial charge is 0.497 e. The highest BCUT2D eigenvalue weighted by Gasteiger charge is 2.26. The van der Waals surface area contributed by atoms with E-state index in [1.54, 1.807) is 7.11 Å². The van der Waals surface area contributed by atoms with Crippen molar-refractivity contribution in [2.24, 2.45) is 4.99 Å². The first kappa shape index (κ1) is 21.7. The van der Waals surface area contributed by atoms with Crippen LogP contribution in [0.15, 0.2) is 29.3 Å². The fourth-order valence-electron chi connectivity index (χ4n) is 4.68. The molecule has 7 nitrogen and oxygen atoms in total. The summed E-state index contributed by atoms with van der Waals surface area (Å²) in [6, 6.07) is 8.50. The van der Waals surface area contributed by atoms with E-state index in [2.05, 4.69) is 56.2 Å². The van der Waals surface area contributed by atoms with Crippen LogP contribution in [0.3, 0.4) is 0 Å². The van der Waals surface area contributed by atoms with Crippen LogP contribution in [-0.4, -0.2) is 58.9 Å². The van der Waals surface area contributed by atoms with Crippen molar-refractivity contribution in [3.63, 3.8) is 0 Å². The van der Waals surface area contributed by atoms with Gasteiger partial charge in [-0.1, -0.05) is 18.6 Å². The van der Waals surface area contributed by atoms with E-state index in [-0.39, 0.29) is 0 Å². The van der Waals surface area contributed by atoms with Gasteiger partial charge >= 0.3 is 0 Å². The van der Waals surface area contributed by atoms with Gasteiger partial charge in [0.2, 0.25) is 0 Å². The van der Waals surface area contributed by atoms with Crippen molar-refractivity contribution in [2.45, 2.75) is 64.3 Å². The van der Waals surface area contributed by atoms with Crippen LogP contribution in [0.25, 0.3) is 0 Å². The molecule has 2 aliphatic rings. The Hall–Kier alpha value is -2.57. The molecular formula is C24H36N6O. The van der Waals surface area contributed by atoms with Crippen LogP contribution in [0, 0.1) is 0 Å². The zero-order chi connectivity index (χ0) is 21.5. The maximum absolute atomic E-state index is 5.29. The van der Waals surface area contributed by atoms with Gasteiger partial charge in [0, 0.05) is 51.5 Å². The first-order valence-electron chi connectivity index (χ1n) is 11.9. The van der Waals surface area contributed by atoms with E-state index in [9.17, 15) is 0 Å². The first-order chi connectivity index (χ1) is 15.3. The number of nitrogens with one attached hydrogen (secondary N) is 1. The van der Waals surface area contributed by atoms with E-state index in [4.69, 9.17) is 9.73 Å². The second-order valence-corrected chi connectivity index (χ2v) is 8.54. The highest BCUT2D eigenvalue weighted by atomic mass is 16.5. The number of fused-ring (bicyclic) bond motifs is 1. The number of methoxy groups -OCH3 is 1. The Balaban J connectivity index is 1.31. The van der Waals surface area contributed by atoms with Crippen molar-refractivity contribution in [2.75, 3.05) is 33.3 Å². The molecule has 0 aliphatic carbocycles. The predicted octanol–water partition coefficient (Wildman–Crippen LogP) is 3.40. The Morgan fingerprint density at radius 3 is 2.84 bits per heavy atom. The molecule has 1 fully saturated rings. The number of aryl methyl sites for hydroxylation is 2. The predicted molar refractivity (Wildman–Crippen MR) is 124 cm³/mol. The van der Waals surface area contributed by atoms with Gasteiger partial charge in [-0.2, -0.15) is 0 Å². The second-order valence-electron chi connectivity index (χ2n) is 8.54. The molecule has 1 unspecified atom stereocenters. The normalized spacial score (nSPS) is 19.2. The van der Waals surface area contributed by atoms with Crippen LogP contribution in [0.1, 0.15) is 62.2 Å². The number of aliphatic imine (C=N–C) groups is 1. The summed E-state index contributed by atoms with van der Waals surface area (Å²) < 4.78 is 7.64. The molecular weight excluding hydrogens is 388 g/mol. The molecule has 0 amide bonds. The summed E-state index contributed by atoms with van der Waals surface area (Å²) in [4.78, 5) is 7.34. The fourth-order valence-corrected chi connectivity index (χ4v) is 4.68. The molecule has 7 heteroatoms. The van der Waals surface area contributed by atoms with Crippen molar-refractivity contribution in [3.05, 3.63) is 41.5 Å².